The van der Waals surface area contributed by atoms with Crippen molar-refractivity contribution in [2.75, 3.05) is 13.1 Å². The first-order chi connectivity index (χ1) is 12.9. The van der Waals surface area contributed by atoms with E-state index in [0.29, 0.717) is 0 Å². The fraction of sp³-hybridized carbons (Fsp3) is 0.316. The third-order valence-electron chi connectivity index (χ3n) is 5.09. The first kappa shape index (κ1) is 18.4. The van der Waals surface area contributed by atoms with Crippen LogP contribution in [0.1, 0.15) is 29.2 Å². The highest BCUT2D eigenvalue weighted by molar-refractivity contribution is 7.91. The summed E-state index contributed by atoms with van der Waals surface area (Å²) in [5.74, 6) is -1.50. The van der Waals surface area contributed by atoms with Crippen molar-refractivity contribution < 1.29 is 18.3 Å². The van der Waals surface area contributed by atoms with E-state index in [1.807, 2.05) is 30.3 Å². The Hall–Kier alpha value is -2.00. The maximum absolute atomic E-state index is 12.9. The lowest BCUT2D eigenvalue weighted by Gasteiger charge is -2.15. The van der Waals surface area contributed by atoms with E-state index >= 15 is 0 Å². The van der Waals surface area contributed by atoms with Gasteiger partial charge in [0.15, 0.2) is 0 Å². The highest BCUT2D eigenvalue weighted by Crippen LogP contribution is 2.52. The van der Waals surface area contributed by atoms with Gasteiger partial charge >= 0.3 is 5.97 Å². The van der Waals surface area contributed by atoms with Gasteiger partial charge < -0.3 is 10.4 Å². The molecule has 1 aromatic heterocycles. The minimum Gasteiger partial charge on any atom is -0.480 e. The number of nitrogens with one attached hydrogen (secondary N) is 2. The lowest BCUT2D eigenvalue weighted by molar-refractivity contribution is -0.140. The van der Waals surface area contributed by atoms with E-state index in [0.717, 1.165) is 35.5 Å². The zero-order valence-electron chi connectivity index (χ0n) is 14.5. The number of aliphatic carboxylic acids is 1. The van der Waals surface area contributed by atoms with Crippen LogP contribution in [0.2, 0.25) is 0 Å². The monoisotopic (exact) mass is 404 g/mol. The Morgan fingerprint density at radius 1 is 1.22 bits per heavy atom. The average molecular weight is 405 g/mol. The summed E-state index contributed by atoms with van der Waals surface area (Å²) in [5, 5.41) is 12.9. The molecule has 6 nitrogen and oxygen atoms in total. The van der Waals surface area contributed by atoms with Crippen LogP contribution in [-0.2, 0) is 14.8 Å². The molecule has 1 aliphatic carbocycles. The summed E-state index contributed by atoms with van der Waals surface area (Å²) in [6.07, 6.45) is 3.16. The summed E-state index contributed by atoms with van der Waals surface area (Å²) in [5.41, 5.74) is 0.481. The number of hydrogen-bond donors (Lipinski definition) is 3. The van der Waals surface area contributed by atoms with Crippen LogP contribution in [0.5, 0.6) is 0 Å². The van der Waals surface area contributed by atoms with Crippen LogP contribution in [0.3, 0.4) is 0 Å². The molecule has 3 N–H and O–H groups in total. The second-order valence-corrected chi connectivity index (χ2v) is 9.84. The number of carboxylic acid groups (broad SMARTS) is 1. The van der Waals surface area contributed by atoms with E-state index in [2.05, 4.69) is 16.1 Å². The van der Waals surface area contributed by atoms with E-state index in [9.17, 15) is 18.3 Å². The van der Waals surface area contributed by atoms with Crippen LogP contribution in [0.25, 0.3) is 5.57 Å². The molecule has 4 rings (SSSR count). The third kappa shape index (κ3) is 3.45. The smallest absolute Gasteiger partial charge is 0.325 e. The number of benzene rings is 1. The number of rotatable bonds is 6. The Morgan fingerprint density at radius 3 is 2.67 bits per heavy atom. The van der Waals surface area contributed by atoms with Gasteiger partial charge in [0.25, 0.3) is 10.0 Å². The molecular formula is C19H20N2O4S2. The van der Waals surface area contributed by atoms with Crippen LogP contribution in [-0.4, -0.2) is 38.1 Å². The average Bonchev–Trinajstić information content (AvgIpc) is 3.16. The molecule has 1 fully saturated rings. The van der Waals surface area contributed by atoms with Gasteiger partial charge in [0, 0.05) is 17.3 Å². The van der Waals surface area contributed by atoms with Crippen LogP contribution in [0.15, 0.2) is 52.7 Å². The molecule has 0 amide bonds. The normalized spacial score (nSPS) is 25.0. The second kappa shape index (κ2) is 6.87. The first-order valence-corrected chi connectivity index (χ1v) is 11.0. The van der Waals surface area contributed by atoms with Gasteiger partial charge in [-0.3, -0.25) is 4.79 Å². The van der Waals surface area contributed by atoms with Crippen LogP contribution in [0, 0.1) is 0 Å². The molecule has 0 saturated heterocycles. The van der Waals surface area contributed by atoms with E-state index in [1.54, 1.807) is 12.1 Å². The van der Waals surface area contributed by atoms with Gasteiger partial charge in [-0.1, -0.05) is 36.4 Å². The second-order valence-electron chi connectivity index (χ2n) is 6.85. The van der Waals surface area contributed by atoms with Gasteiger partial charge in [-0.25, -0.2) is 8.42 Å². The van der Waals surface area contributed by atoms with Gasteiger partial charge in [0.2, 0.25) is 0 Å². The Morgan fingerprint density at radius 2 is 2.00 bits per heavy atom. The predicted molar refractivity (Wildman–Crippen MR) is 104 cm³/mol. The summed E-state index contributed by atoms with van der Waals surface area (Å²) in [6, 6.07) is 12.5. The zero-order valence-corrected chi connectivity index (χ0v) is 16.1. The fourth-order valence-corrected chi connectivity index (χ4v) is 6.30. The number of thiophene rings is 1. The molecule has 8 heteroatoms. The summed E-state index contributed by atoms with van der Waals surface area (Å²) in [4.78, 5) is 12.8. The predicted octanol–water partition coefficient (Wildman–Crippen LogP) is 2.41. The molecule has 2 aliphatic rings. The number of carbonyl (C=O) groups is 1. The molecule has 2 unspecified atom stereocenters. The molecule has 0 radical (unpaired) electrons. The summed E-state index contributed by atoms with van der Waals surface area (Å²) < 4.78 is 28.4. The highest BCUT2D eigenvalue weighted by Gasteiger charge is 2.63. The summed E-state index contributed by atoms with van der Waals surface area (Å²) >= 11 is 1.18. The minimum atomic E-state index is -3.91. The lowest BCUT2D eigenvalue weighted by atomic mass is 10.1. The lowest BCUT2D eigenvalue weighted by Crippen LogP contribution is -2.44. The van der Waals surface area contributed by atoms with Gasteiger partial charge in [0.05, 0.1) is 0 Å². The van der Waals surface area contributed by atoms with E-state index in [-0.39, 0.29) is 16.5 Å². The molecule has 27 heavy (non-hydrogen) atoms. The molecule has 2 heterocycles. The standard InChI is InChI=1S/C19H20N2O4S2/c22-18(23)19(12-15(19)13-4-2-1-3-5-13)21-27(24,25)17-7-6-16(26-17)14-8-10-20-11-9-14/h1-8,15,20-21H,9-12H2,(H,22,23). The summed E-state index contributed by atoms with van der Waals surface area (Å²) in [7, 11) is -3.91. The number of hydrogen-bond acceptors (Lipinski definition) is 5. The fourth-order valence-electron chi connectivity index (χ4n) is 3.52. The molecular weight excluding hydrogens is 384 g/mol. The van der Waals surface area contributed by atoms with Crippen LogP contribution in [0.4, 0.5) is 0 Å². The summed E-state index contributed by atoms with van der Waals surface area (Å²) in [6.45, 7) is 1.64. The van der Waals surface area contributed by atoms with Gasteiger partial charge in [-0.05, 0) is 42.7 Å². The van der Waals surface area contributed by atoms with Crippen molar-refractivity contribution in [2.24, 2.45) is 0 Å². The largest absolute Gasteiger partial charge is 0.480 e. The van der Waals surface area contributed by atoms with Crippen molar-refractivity contribution in [3.05, 3.63) is 59.0 Å². The van der Waals surface area contributed by atoms with Gasteiger partial charge in [-0.2, -0.15) is 4.72 Å². The third-order valence-corrected chi connectivity index (χ3v) is 8.25. The molecule has 1 saturated carbocycles. The van der Waals surface area contributed by atoms with Crippen LogP contribution >= 0.6 is 11.3 Å². The molecule has 1 aliphatic heterocycles. The van der Waals surface area contributed by atoms with Crippen molar-refractivity contribution >= 4 is 32.9 Å². The van der Waals surface area contributed by atoms with Crippen molar-refractivity contribution in [3.8, 4) is 0 Å². The van der Waals surface area contributed by atoms with Gasteiger partial charge in [0.1, 0.15) is 9.75 Å². The van der Waals surface area contributed by atoms with E-state index in [1.165, 1.54) is 11.3 Å². The number of carboxylic acids is 1. The Kier molecular flexibility index (Phi) is 4.67. The molecule has 2 atom stereocenters. The zero-order chi connectivity index (χ0) is 19.1. The quantitative estimate of drug-likeness (QED) is 0.687. The Bertz CT molecular complexity index is 998. The van der Waals surface area contributed by atoms with Gasteiger partial charge in [-0.15, -0.1) is 11.3 Å². The maximum atomic E-state index is 12.9. The SMILES string of the molecule is O=C(O)C1(NS(=O)(=O)c2ccc(C3=CCNCC3)s2)CC1c1ccccc1. The maximum Gasteiger partial charge on any atom is 0.325 e. The van der Waals surface area contributed by atoms with E-state index < -0.39 is 21.5 Å². The minimum absolute atomic E-state index is 0.149. The van der Waals surface area contributed by atoms with E-state index in [4.69, 9.17) is 0 Å². The van der Waals surface area contributed by atoms with Crippen LogP contribution < -0.4 is 10.0 Å². The Balaban J connectivity index is 1.58. The Labute approximate surface area is 162 Å². The van der Waals surface area contributed by atoms with Crippen molar-refractivity contribution in [2.45, 2.75) is 28.5 Å². The molecule has 1 aromatic carbocycles. The molecule has 2 aromatic rings. The first-order valence-electron chi connectivity index (χ1n) is 8.75. The van der Waals surface area contributed by atoms with Crippen molar-refractivity contribution in [1.82, 2.24) is 10.0 Å². The molecule has 0 spiro atoms. The van der Waals surface area contributed by atoms with Crippen molar-refractivity contribution in [1.29, 1.82) is 0 Å². The molecule has 142 valence electrons. The molecule has 0 bridgehead atoms. The topological polar surface area (TPSA) is 95.5 Å². The van der Waals surface area contributed by atoms with Crippen molar-refractivity contribution in [3.63, 3.8) is 0 Å². The highest BCUT2D eigenvalue weighted by atomic mass is 32.2. The number of sulfonamides is 1.